The first-order valence-corrected chi connectivity index (χ1v) is 7.78. The number of halogens is 1. The van der Waals surface area contributed by atoms with Gasteiger partial charge in [-0.05, 0) is 30.7 Å². The Bertz CT molecular complexity index is 862. The molecule has 3 N–H and O–H groups in total. The Morgan fingerprint density at radius 3 is 2.54 bits per heavy atom. The van der Waals surface area contributed by atoms with E-state index in [2.05, 4.69) is 5.32 Å². The van der Waals surface area contributed by atoms with E-state index in [0.717, 1.165) is 0 Å². The zero-order valence-electron chi connectivity index (χ0n) is 14.7. The van der Waals surface area contributed by atoms with E-state index in [4.69, 9.17) is 10.5 Å². The van der Waals surface area contributed by atoms with Crippen LogP contribution < -0.4 is 11.1 Å². The summed E-state index contributed by atoms with van der Waals surface area (Å²) in [6, 6.07) is 6.94. The summed E-state index contributed by atoms with van der Waals surface area (Å²) >= 11 is 0. The minimum Gasteiger partial charge on any atom is -0.469 e. The number of aryl methyl sites for hydroxylation is 1. The number of hydrogen-bond acceptors (Lipinski definition) is 4. The van der Waals surface area contributed by atoms with Crippen LogP contribution in [0.2, 0.25) is 0 Å². The molecule has 0 radical (unpaired) electrons. The van der Waals surface area contributed by atoms with Gasteiger partial charge in [-0.2, -0.15) is 0 Å². The lowest BCUT2D eigenvalue weighted by Crippen LogP contribution is -2.45. The number of amides is 2. The maximum absolute atomic E-state index is 13.6. The summed E-state index contributed by atoms with van der Waals surface area (Å²) in [5.74, 6) is -2.28. The van der Waals surface area contributed by atoms with Crippen LogP contribution in [0.1, 0.15) is 39.8 Å². The van der Waals surface area contributed by atoms with Crippen molar-refractivity contribution in [3.05, 3.63) is 59.2 Å². The van der Waals surface area contributed by atoms with E-state index in [1.807, 2.05) is 0 Å². The standard InChI is InChI=1S/C18H20FN3O4/c1-18(9-15(23)26-3,12-5-4-6-13(19)8-12)21-17(25)14-7-11(16(20)24)10-22(14)2/h4-8,10H,9H2,1-3H3,(H2,20,24)(H,21,25)/t18-/m0/s1. The summed E-state index contributed by atoms with van der Waals surface area (Å²) in [6.45, 7) is 1.59. The number of benzene rings is 1. The van der Waals surface area contributed by atoms with Crippen molar-refractivity contribution in [1.82, 2.24) is 9.88 Å². The number of nitrogens with one attached hydrogen (secondary N) is 1. The molecule has 138 valence electrons. The monoisotopic (exact) mass is 361 g/mol. The molecule has 1 aromatic heterocycles. The number of aromatic nitrogens is 1. The smallest absolute Gasteiger partial charge is 0.308 e. The zero-order valence-corrected chi connectivity index (χ0v) is 14.7. The highest BCUT2D eigenvalue weighted by Gasteiger charge is 2.33. The molecule has 2 rings (SSSR count). The quantitative estimate of drug-likeness (QED) is 0.761. The molecule has 1 atom stereocenters. The van der Waals surface area contributed by atoms with Crippen LogP contribution >= 0.6 is 0 Å². The topological polar surface area (TPSA) is 103 Å². The van der Waals surface area contributed by atoms with Gasteiger partial charge in [0, 0.05) is 13.2 Å². The molecule has 0 saturated heterocycles. The first kappa shape index (κ1) is 19.2. The van der Waals surface area contributed by atoms with E-state index in [1.165, 1.54) is 42.1 Å². The van der Waals surface area contributed by atoms with Crippen molar-refractivity contribution in [1.29, 1.82) is 0 Å². The van der Waals surface area contributed by atoms with Crippen LogP contribution in [-0.4, -0.2) is 29.5 Å². The van der Waals surface area contributed by atoms with Gasteiger partial charge in [-0.15, -0.1) is 0 Å². The fraction of sp³-hybridized carbons (Fsp3) is 0.278. The minimum absolute atomic E-state index is 0.172. The molecule has 0 aliphatic rings. The van der Waals surface area contributed by atoms with E-state index < -0.39 is 29.1 Å². The molecule has 0 aliphatic carbocycles. The van der Waals surface area contributed by atoms with Gasteiger partial charge in [-0.25, -0.2) is 4.39 Å². The number of rotatable bonds is 6. The van der Waals surface area contributed by atoms with E-state index in [-0.39, 0.29) is 17.7 Å². The van der Waals surface area contributed by atoms with E-state index >= 15 is 0 Å². The van der Waals surface area contributed by atoms with Gasteiger partial charge in [0.25, 0.3) is 5.91 Å². The number of nitrogens with two attached hydrogens (primary N) is 1. The predicted octanol–water partition coefficient (Wildman–Crippen LogP) is 1.47. The number of ether oxygens (including phenoxy) is 1. The van der Waals surface area contributed by atoms with Crippen molar-refractivity contribution in [3.8, 4) is 0 Å². The average Bonchev–Trinajstić information content (AvgIpc) is 2.97. The molecule has 8 heteroatoms. The number of methoxy groups -OCH3 is 1. The molecule has 2 aromatic rings. The lowest BCUT2D eigenvalue weighted by Gasteiger charge is -2.30. The highest BCUT2D eigenvalue weighted by Crippen LogP contribution is 2.26. The second-order valence-corrected chi connectivity index (χ2v) is 6.14. The van der Waals surface area contributed by atoms with Gasteiger partial charge in [0.2, 0.25) is 5.91 Å². The first-order chi connectivity index (χ1) is 12.2. The van der Waals surface area contributed by atoms with Crippen LogP contribution in [0.25, 0.3) is 0 Å². The lowest BCUT2D eigenvalue weighted by molar-refractivity contribution is -0.142. The van der Waals surface area contributed by atoms with Crippen LogP contribution in [0.4, 0.5) is 4.39 Å². The summed E-state index contributed by atoms with van der Waals surface area (Å²) < 4.78 is 19.8. The summed E-state index contributed by atoms with van der Waals surface area (Å²) in [4.78, 5) is 35.8. The average molecular weight is 361 g/mol. The lowest BCUT2D eigenvalue weighted by atomic mass is 9.88. The number of esters is 1. The Morgan fingerprint density at radius 1 is 1.31 bits per heavy atom. The molecule has 1 heterocycles. The second kappa shape index (κ2) is 7.38. The largest absolute Gasteiger partial charge is 0.469 e. The normalized spacial score (nSPS) is 12.9. The van der Waals surface area contributed by atoms with Crippen LogP contribution in [0.3, 0.4) is 0 Å². The Hall–Kier alpha value is -3.16. The molecular formula is C18H20FN3O4. The van der Waals surface area contributed by atoms with Crippen molar-refractivity contribution >= 4 is 17.8 Å². The van der Waals surface area contributed by atoms with Crippen molar-refractivity contribution in [3.63, 3.8) is 0 Å². The fourth-order valence-electron chi connectivity index (χ4n) is 2.65. The van der Waals surface area contributed by atoms with Crippen LogP contribution in [0, 0.1) is 5.82 Å². The summed E-state index contributed by atoms with van der Waals surface area (Å²) in [6.07, 6.45) is 1.23. The van der Waals surface area contributed by atoms with Gasteiger partial charge in [0.05, 0.1) is 24.6 Å². The Labute approximate surface area is 149 Å². The SMILES string of the molecule is COC(=O)C[C@](C)(NC(=O)c1cc(C(N)=O)cn1C)c1cccc(F)c1. The Balaban J connectivity index is 2.39. The molecule has 0 aliphatic heterocycles. The summed E-state index contributed by atoms with van der Waals surface area (Å²) in [5.41, 5.74) is 4.76. The third-order valence-electron chi connectivity index (χ3n) is 4.10. The minimum atomic E-state index is -1.22. The molecule has 26 heavy (non-hydrogen) atoms. The van der Waals surface area contributed by atoms with Crippen LogP contribution in [0.15, 0.2) is 36.5 Å². The van der Waals surface area contributed by atoms with Gasteiger partial charge >= 0.3 is 5.97 Å². The molecule has 1 aromatic carbocycles. The maximum Gasteiger partial charge on any atom is 0.308 e. The molecular weight excluding hydrogens is 341 g/mol. The number of carbonyl (C=O) groups is 3. The molecule has 0 spiro atoms. The molecule has 7 nitrogen and oxygen atoms in total. The van der Waals surface area contributed by atoms with Gasteiger partial charge < -0.3 is 20.4 Å². The van der Waals surface area contributed by atoms with Crippen LogP contribution in [-0.2, 0) is 22.1 Å². The summed E-state index contributed by atoms with van der Waals surface area (Å²) in [7, 11) is 2.81. The van der Waals surface area contributed by atoms with E-state index in [1.54, 1.807) is 20.0 Å². The molecule has 0 fully saturated rings. The van der Waals surface area contributed by atoms with E-state index in [0.29, 0.717) is 5.56 Å². The number of hydrogen-bond donors (Lipinski definition) is 2. The molecule has 0 bridgehead atoms. The highest BCUT2D eigenvalue weighted by atomic mass is 19.1. The van der Waals surface area contributed by atoms with Crippen LogP contribution in [0.5, 0.6) is 0 Å². The molecule has 0 unspecified atom stereocenters. The van der Waals surface area contributed by atoms with Crippen molar-refractivity contribution in [2.75, 3.05) is 7.11 Å². The Morgan fingerprint density at radius 2 is 2.00 bits per heavy atom. The third-order valence-corrected chi connectivity index (χ3v) is 4.10. The number of carbonyl (C=O) groups excluding carboxylic acids is 3. The van der Waals surface area contributed by atoms with Gasteiger partial charge in [0.1, 0.15) is 11.5 Å². The van der Waals surface area contributed by atoms with Crippen molar-refractivity contribution in [2.24, 2.45) is 12.8 Å². The van der Waals surface area contributed by atoms with Crippen molar-refractivity contribution in [2.45, 2.75) is 18.9 Å². The van der Waals surface area contributed by atoms with Gasteiger partial charge in [-0.1, -0.05) is 12.1 Å². The number of nitrogens with zero attached hydrogens (tertiary/aromatic N) is 1. The molecule has 2 amide bonds. The van der Waals surface area contributed by atoms with E-state index in [9.17, 15) is 18.8 Å². The maximum atomic E-state index is 13.6. The summed E-state index contributed by atoms with van der Waals surface area (Å²) in [5, 5.41) is 2.73. The van der Waals surface area contributed by atoms with Gasteiger partial charge in [-0.3, -0.25) is 14.4 Å². The van der Waals surface area contributed by atoms with Gasteiger partial charge in [0.15, 0.2) is 0 Å². The zero-order chi connectivity index (χ0) is 19.5. The predicted molar refractivity (Wildman–Crippen MR) is 91.8 cm³/mol. The number of primary amides is 1. The third kappa shape index (κ3) is 4.08. The second-order valence-electron chi connectivity index (χ2n) is 6.14. The van der Waals surface area contributed by atoms with Crippen molar-refractivity contribution < 1.29 is 23.5 Å². The first-order valence-electron chi connectivity index (χ1n) is 7.78. The molecule has 0 saturated carbocycles. The fourth-order valence-corrected chi connectivity index (χ4v) is 2.65. The highest BCUT2D eigenvalue weighted by molar-refractivity contribution is 5.99. The Kier molecular flexibility index (Phi) is 5.44.